The number of nitrogens with zero attached hydrogens (tertiary/aromatic N) is 3. The lowest BCUT2D eigenvalue weighted by Gasteiger charge is -2.35. The van der Waals surface area contributed by atoms with Crippen LogP contribution in [-0.4, -0.2) is 69.9 Å². The van der Waals surface area contributed by atoms with E-state index in [0.717, 1.165) is 18.2 Å². The van der Waals surface area contributed by atoms with E-state index in [9.17, 15) is 27.6 Å². The van der Waals surface area contributed by atoms with E-state index in [-0.39, 0.29) is 29.9 Å². The first kappa shape index (κ1) is 33.6. The Kier molecular flexibility index (Phi) is 8.60. The van der Waals surface area contributed by atoms with Crippen molar-refractivity contribution in [3.8, 4) is 11.6 Å². The average molecular weight is 657 g/mol. The van der Waals surface area contributed by atoms with Gasteiger partial charge in [-0.15, -0.1) is 13.2 Å². The number of aromatic nitrogens is 2. The minimum atomic E-state index is -5.00. The van der Waals surface area contributed by atoms with Crippen molar-refractivity contribution in [1.82, 2.24) is 20.2 Å². The van der Waals surface area contributed by atoms with Crippen molar-refractivity contribution in [2.45, 2.75) is 103 Å². The fourth-order valence-electron chi connectivity index (χ4n) is 6.24. The third kappa shape index (κ3) is 6.97. The molecule has 252 valence electrons. The summed E-state index contributed by atoms with van der Waals surface area (Å²) < 4.78 is 86.0. The fraction of sp³-hybridized carbons (Fsp3) is 0.645. The zero-order chi connectivity index (χ0) is 33.8. The van der Waals surface area contributed by atoms with Gasteiger partial charge in [0, 0.05) is 24.3 Å². The summed E-state index contributed by atoms with van der Waals surface area (Å²) in [6.45, 7) is 8.35. The molecule has 1 saturated heterocycles. The number of aldehydes is 1. The SMILES string of the molecule is C[C@@H]1[C@@H]2CN(C(=O)[C@H](C(C)(C)C)NC(=O)O[C@]3(C)C[C@H]3CCCCC(F)(F)c3nc4ccc(OC(F)(F)F)cc4nc3O2)[C@@H]1C=O. The number of carbonyl (C=O) groups excluding carboxylic acids is 3. The van der Waals surface area contributed by atoms with Gasteiger partial charge >= 0.3 is 12.5 Å². The Bertz CT molecular complexity index is 1510. The Balaban J connectivity index is 1.56. The van der Waals surface area contributed by atoms with E-state index in [2.05, 4.69) is 20.0 Å². The summed E-state index contributed by atoms with van der Waals surface area (Å²) in [6.07, 6.45) is -5.36. The summed E-state index contributed by atoms with van der Waals surface area (Å²) in [7, 11) is 0. The molecule has 2 amide bonds. The second-order valence-electron chi connectivity index (χ2n) is 13.7. The number of halogens is 5. The number of alkyl carbamates (subject to hydrolysis) is 1. The highest BCUT2D eigenvalue weighted by atomic mass is 19.4. The van der Waals surface area contributed by atoms with Crippen molar-refractivity contribution < 1.29 is 50.5 Å². The van der Waals surface area contributed by atoms with Crippen molar-refractivity contribution in [3.05, 3.63) is 23.9 Å². The Labute approximate surface area is 262 Å². The summed E-state index contributed by atoms with van der Waals surface area (Å²) in [5.41, 5.74) is -2.71. The standard InChI is InChI=1S/C31H37F5N4O6/c1-16-21(15-41)40-14-22(16)44-25-23(37-19-10-9-18(12-20(19)38-25)45-31(34,35)36)30(32,33)11-7-6-8-17-13-29(17,5)46-27(43)39-24(26(40)42)28(2,3)4/h9-10,12,15-17,21-22,24H,6-8,11,13-14H2,1-5H3,(H,39,43)/t16-,17+,21+,22-,24+,29+/m0/s1. The molecule has 1 aromatic carbocycles. The van der Waals surface area contributed by atoms with Crippen molar-refractivity contribution in [3.63, 3.8) is 0 Å². The number of rotatable bonds is 2. The molecule has 1 N–H and O–H groups in total. The first-order valence-electron chi connectivity index (χ1n) is 15.2. The maximum atomic E-state index is 15.9. The molecule has 3 aliphatic rings. The van der Waals surface area contributed by atoms with Gasteiger partial charge in [-0.05, 0) is 43.7 Å². The number of hydrogen-bond acceptors (Lipinski definition) is 8. The van der Waals surface area contributed by atoms with Gasteiger partial charge in [0.2, 0.25) is 11.8 Å². The van der Waals surface area contributed by atoms with Gasteiger partial charge < -0.3 is 29.2 Å². The molecule has 2 fully saturated rings. The molecule has 1 saturated carbocycles. The molecule has 3 heterocycles. The van der Waals surface area contributed by atoms with Gasteiger partial charge in [-0.1, -0.05) is 34.1 Å². The van der Waals surface area contributed by atoms with Gasteiger partial charge in [0.25, 0.3) is 5.92 Å². The summed E-state index contributed by atoms with van der Waals surface area (Å²) in [5.74, 6) is -6.17. The molecule has 6 atom stereocenters. The van der Waals surface area contributed by atoms with Crippen LogP contribution in [0.15, 0.2) is 18.2 Å². The van der Waals surface area contributed by atoms with E-state index in [4.69, 9.17) is 9.47 Å². The van der Waals surface area contributed by atoms with Crippen molar-refractivity contribution >= 4 is 29.3 Å². The molecule has 1 aromatic heterocycles. The number of fused-ring (bicyclic) bond motifs is 5. The number of nitrogens with one attached hydrogen (secondary N) is 1. The van der Waals surface area contributed by atoms with Gasteiger partial charge in [-0.2, -0.15) is 8.78 Å². The number of amides is 2. The highest BCUT2D eigenvalue weighted by Crippen LogP contribution is 2.50. The Morgan fingerprint density at radius 3 is 2.48 bits per heavy atom. The van der Waals surface area contributed by atoms with Crippen LogP contribution in [-0.2, 0) is 20.2 Å². The summed E-state index contributed by atoms with van der Waals surface area (Å²) in [6, 6.07) is 0.808. The van der Waals surface area contributed by atoms with Crippen LogP contribution in [0.25, 0.3) is 11.0 Å². The van der Waals surface area contributed by atoms with Gasteiger partial charge in [0.1, 0.15) is 29.8 Å². The monoisotopic (exact) mass is 656 g/mol. The lowest BCUT2D eigenvalue weighted by molar-refractivity contribution is -0.274. The molecule has 2 aliphatic heterocycles. The topological polar surface area (TPSA) is 120 Å². The van der Waals surface area contributed by atoms with Crippen molar-refractivity contribution in [2.24, 2.45) is 17.3 Å². The van der Waals surface area contributed by atoms with E-state index >= 15 is 8.78 Å². The third-order valence-electron chi connectivity index (χ3n) is 9.08. The first-order chi connectivity index (χ1) is 21.3. The number of hydrogen-bond donors (Lipinski definition) is 1. The highest BCUT2D eigenvalue weighted by molar-refractivity contribution is 5.89. The Morgan fingerprint density at radius 2 is 1.83 bits per heavy atom. The lowest BCUT2D eigenvalue weighted by atomic mass is 9.85. The second kappa shape index (κ2) is 11.8. The van der Waals surface area contributed by atoms with Crippen LogP contribution in [0.5, 0.6) is 11.6 Å². The van der Waals surface area contributed by atoms with E-state index in [1.165, 1.54) is 4.90 Å². The molecule has 2 aromatic rings. The quantitative estimate of drug-likeness (QED) is 0.313. The van der Waals surface area contributed by atoms with Gasteiger partial charge in [0.15, 0.2) is 5.69 Å². The number of benzene rings is 1. The molecule has 1 aliphatic carbocycles. The Morgan fingerprint density at radius 1 is 1.11 bits per heavy atom. The summed E-state index contributed by atoms with van der Waals surface area (Å²) in [4.78, 5) is 48.7. The summed E-state index contributed by atoms with van der Waals surface area (Å²) in [5, 5.41) is 2.68. The maximum Gasteiger partial charge on any atom is 0.573 e. The molecular weight excluding hydrogens is 619 g/mol. The highest BCUT2D eigenvalue weighted by Gasteiger charge is 2.54. The average Bonchev–Trinajstić information content (AvgIpc) is 3.46. The van der Waals surface area contributed by atoms with Crippen LogP contribution >= 0.6 is 0 Å². The molecular formula is C31H37F5N4O6. The lowest BCUT2D eigenvalue weighted by Crippen LogP contribution is -2.56. The van der Waals surface area contributed by atoms with Crippen LogP contribution in [0.4, 0.5) is 26.7 Å². The second-order valence-corrected chi connectivity index (χ2v) is 13.7. The predicted molar refractivity (Wildman–Crippen MR) is 153 cm³/mol. The van der Waals surface area contributed by atoms with E-state index in [0.29, 0.717) is 25.5 Å². The van der Waals surface area contributed by atoms with Gasteiger partial charge in [0.05, 0.1) is 23.6 Å². The molecule has 0 spiro atoms. The van der Waals surface area contributed by atoms with Crippen LogP contribution in [0.2, 0.25) is 0 Å². The van der Waals surface area contributed by atoms with Crippen molar-refractivity contribution in [1.29, 1.82) is 0 Å². The van der Waals surface area contributed by atoms with Gasteiger partial charge in [-0.3, -0.25) is 4.79 Å². The van der Waals surface area contributed by atoms with Crippen LogP contribution in [0.3, 0.4) is 0 Å². The molecule has 0 radical (unpaired) electrons. The number of carbonyl (C=O) groups is 3. The Hall–Kier alpha value is -3.78. The predicted octanol–water partition coefficient (Wildman–Crippen LogP) is 5.91. The first-order valence-corrected chi connectivity index (χ1v) is 15.2. The van der Waals surface area contributed by atoms with E-state index < -0.39 is 83.2 Å². The van der Waals surface area contributed by atoms with Crippen LogP contribution in [0.1, 0.15) is 72.4 Å². The number of ether oxygens (including phenoxy) is 3. The van der Waals surface area contributed by atoms with Gasteiger partial charge in [-0.25, -0.2) is 14.8 Å². The van der Waals surface area contributed by atoms with E-state index in [1.54, 1.807) is 34.6 Å². The molecule has 15 heteroatoms. The molecule has 2 bridgehead atoms. The summed E-state index contributed by atoms with van der Waals surface area (Å²) >= 11 is 0. The van der Waals surface area contributed by atoms with Crippen LogP contribution in [0, 0.1) is 17.3 Å². The molecule has 46 heavy (non-hydrogen) atoms. The largest absolute Gasteiger partial charge is 0.573 e. The zero-order valence-corrected chi connectivity index (χ0v) is 26.1. The van der Waals surface area contributed by atoms with Crippen molar-refractivity contribution in [2.75, 3.05) is 6.54 Å². The minimum Gasteiger partial charge on any atom is -0.471 e. The molecule has 5 rings (SSSR count). The van der Waals surface area contributed by atoms with Crippen LogP contribution < -0.4 is 14.8 Å². The zero-order valence-electron chi connectivity index (χ0n) is 26.1. The third-order valence-corrected chi connectivity index (χ3v) is 9.08. The smallest absolute Gasteiger partial charge is 0.471 e. The van der Waals surface area contributed by atoms with E-state index in [1.807, 2.05) is 0 Å². The molecule has 10 nitrogen and oxygen atoms in total. The minimum absolute atomic E-state index is 0.0540. The maximum absolute atomic E-state index is 15.9. The number of alkyl halides is 5. The normalized spacial score (nSPS) is 30.6. The molecule has 0 unspecified atom stereocenters. The fourth-order valence-corrected chi connectivity index (χ4v) is 6.24.